The van der Waals surface area contributed by atoms with E-state index in [0.717, 1.165) is 49.8 Å². The Labute approximate surface area is 119 Å². The van der Waals surface area contributed by atoms with Gasteiger partial charge in [0, 0.05) is 18.4 Å². The molecule has 0 aromatic carbocycles. The summed E-state index contributed by atoms with van der Waals surface area (Å²) in [5, 5.41) is 9.19. The Bertz CT molecular complexity index is 501. The zero-order chi connectivity index (χ0) is 13.2. The van der Waals surface area contributed by atoms with Gasteiger partial charge in [0.1, 0.15) is 11.6 Å². The number of hydrogen-bond donors (Lipinski definition) is 0. The lowest BCUT2D eigenvalue weighted by Gasteiger charge is -2.56. The Morgan fingerprint density at radius 2 is 1.65 bits per heavy atom. The number of fused-ring (bicyclic) bond motifs is 1. The summed E-state index contributed by atoms with van der Waals surface area (Å²) in [5.74, 6) is 5.38. The molecule has 1 aromatic heterocycles. The van der Waals surface area contributed by atoms with Crippen molar-refractivity contribution >= 4 is 0 Å². The van der Waals surface area contributed by atoms with Crippen LogP contribution < -0.4 is 0 Å². The maximum atomic E-state index is 5.62. The van der Waals surface area contributed by atoms with Crippen LogP contribution in [0.2, 0.25) is 0 Å². The molecule has 0 atom stereocenters. The van der Waals surface area contributed by atoms with E-state index in [1.807, 2.05) is 0 Å². The van der Waals surface area contributed by atoms with Crippen molar-refractivity contribution in [3.8, 4) is 0 Å². The molecule has 108 valence electrons. The van der Waals surface area contributed by atoms with E-state index in [1.165, 1.54) is 44.3 Å². The zero-order valence-electron chi connectivity index (χ0n) is 12.1. The van der Waals surface area contributed by atoms with Crippen molar-refractivity contribution in [2.45, 2.75) is 56.9 Å². The predicted octanol–water partition coefficient (Wildman–Crippen LogP) is 2.32. The molecule has 0 saturated heterocycles. The molecule has 4 nitrogen and oxygen atoms in total. The SMILES string of the molecule is C1Cc2nnc(C34CC5CC(CC(C5)C3)C4)n2CCO1. The smallest absolute Gasteiger partial charge is 0.139 e. The Kier molecular flexibility index (Phi) is 2.38. The first kappa shape index (κ1) is 11.7. The summed E-state index contributed by atoms with van der Waals surface area (Å²) in [4.78, 5) is 0. The maximum absolute atomic E-state index is 5.62. The Balaban J connectivity index is 1.58. The molecule has 0 amide bonds. The van der Waals surface area contributed by atoms with Gasteiger partial charge in [-0.25, -0.2) is 0 Å². The molecule has 0 spiro atoms. The van der Waals surface area contributed by atoms with E-state index >= 15 is 0 Å². The number of aromatic nitrogens is 3. The number of nitrogens with zero attached hydrogens (tertiary/aromatic N) is 3. The third-order valence-corrected chi connectivity index (χ3v) is 6.27. The monoisotopic (exact) mass is 273 g/mol. The molecule has 4 fully saturated rings. The third-order valence-electron chi connectivity index (χ3n) is 6.27. The van der Waals surface area contributed by atoms with Crippen molar-refractivity contribution in [1.82, 2.24) is 14.8 Å². The second kappa shape index (κ2) is 4.06. The summed E-state index contributed by atoms with van der Waals surface area (Å²) >= 11 is 0. The van der Waals surface area contributed by atoms with Crippen LogP contribution >= 0.6 is 0 Å². The van der Waals surface area contributed by atoms with Crippen LogP contribution in [0.3, 0.4) is 0 Å². The van der Waals surface area contributed by atoms with E-state index in [-0.39, 0.29) is 0 Å². The van der Waals surface area contributed by atoms with Gasteiger partial charge in [-0.05, 0) is 56.3 Å². The molecule has 0 radical (unpaired) electrons. The fraction of sp³-hybridized carbons (Fsp3) is 0.875. The lowest BCUT2D eigenvalue weighted by atomic mass is 9.49. The molecule has 4 heteroatoms. The molecule has 4 aliphatic carbocycles. The minimum atomic E-state index is 0.365. The number of ether oxygens (including phenoxy) is 1. The highest BCUT2D eigenvalue weighted by molar-refractivity contribution is 5.19. The summed E-state index contributed by atoms with van der Waals surface area (Å²) in [5.41, 5.74) is 0.365. The van der Waals surface area contributed by atoms with Gasteiger partial charge in [-0.1, -0.05) is 0 Å². The van der Waals surface area contributed by atoms with Crippen molar-refractivity contribution in [2.24, 2.45) is 17.8 Å². The van der Waals surface area contributed by atoms with E-state index in [1.54, 1.807) is 0 Å². The molecule has 0 unspecified atom stereocenters. The first-order valence-electron chi connectivity index (χ1n) is 8.33. The van der Waals surface area contributed by atoms with Gasteiger partial charge in [0.25, 0.3) is 0 Å². The lowest BCUT2D eigenvalue weighted by Crippen LogP contribution is -2.49. The molecular weight excluding hydrogens is 250 g/mol. The van der Waals surface area contributed by atoms with Gasteiger partial charge in [-0.15, -0.1) is 10.2 Å². The minimum Gasteiger partial charge on any atom is -0.379 e. The van der Waals surface area contributed by atoms with Crippen LogP contribution in [0.25, 0.3) is 0 Å². The van der Waals surface area contributed by atoms with Crippen LogP contribution in [0.4, 0.5) is 0 Å². The van der Waals surface area contributed by atoms with Crippen LogP contribution in [0.5, 0.6) is 0 Å². The van der Waals surface area contributed by atoms with Crippen molar-refractivity contribution in [3.63, 3.8) is 0 Å². The molecule has 6 rings (SSSR count). The topological polar surface area (TPSA) is 39.9 Å². The Morgan fingerprint density at radius 3 is 2.35 bits per heavy atom. The number of rotatable bonds is 1. The highest BCUT2D eigenvalue weighted by Gasteiger charge is 2.53. The standard InChI is InChI=1S/C16H23N3O/c1-3-20-4-2-19-14(1)17-18-15(19)16-8-11-5-12(9-16)7-13(6-11)10-16/h11-13H,1-10H2. The second-order valence-electron chi connectivity index (χ2n) is 7.65. The van der Waals surface area contributed by atoms with Gasteiger partial charge in [0.05, 0.1) is 13.2 Å². The van der Waals surface area contributed by atoms with E-state index in [9.17, 15) is 0 Å². The normalized spacial score (nSPS) is 42.5. The molecule has 2 heterocycles. The molecule has 0 N–H and O–H groups in total. The average Bonchev–Trinajstić information content (AvgIpc) is 2.68. The summed E-state index contributed by atoms with van der Waals surface area (Å²) in [7, 11) is 0. The van der Waals surface area contributed by atoms with Crippen molar-refractivity contribution in [3.05, 3.63) is 11.6 Å². The molecule has 5 aliphatic rings. The molecular formula is C16H23N3O. The maximum Gasteiger partial charge on any atom is 0.139 e. The van der Waals surface area contributed by atoms with E-state index in [2.05, 4.69) is 14.8 Å². The van der Waals surface area contributed by atoms with Crippen LogP contribution in [0, 0.1) is 17.8 Å². The fourth-order valence-corrected chi connectivity index (χ4v) is 5.95. The first-order valence-corrected chi connectivity index (χ1v) is 8.33. The highest BCUT2D eigenvalue weighted by Crippen LogP contribution is 2.60. The zero-order valence-corrected chi connectivity index (χ0v) is 12.1. The molecule has 4 saturated carbocycles. The van der Waals surface area contributed by atoms with Crippen LogP contribution in [0.1, 0.15) is 50.2 Å². The Hall–Kier alpha value is -0.900. The largest absolute Gasteiger partial charge is 0.379 e. The number of hydrogen-bond acceptors (Lipinski definition) is 3. The minimum absolute atomic E-state index is 0.365. The van der Waals surface area contributed by atoms with E-state index < -0.39 is 0 Å². The van der Waals surface area contributed by atoms with Crippen LogP contribution in [-0.2, 0) is 23.1 Å². The summed E-state index contributed by atoms with van der Waals surface area (Å²) in [6.07, 6.45) is 9.52. The summed E-state index contributed by atoms with van der Waals surface area (Å²) in [6.45, 7) is 2.59. The van der Waals surface area contributed by atoms with Gasteiger partial charge in [0.15, 0.2) is 0 Å². The van der Waals surface area contributed by atoms with Gasteiger partial charge >= 0.3 is 0 Å². The average molecular weight is 273 g/mol. The van der Waals surface area contributed by atoms with Gasteiger partial charge in [-0.3, -0.25) is 0 Å². The molecule has 1 aliphatic heterocycles. The molecule has 4 bridgehead atoms. The van der Waals surface area contributed by atoms with Crippen molar-refractivity contribution in [2.75, 3.05) is 13.2 Å². The molecule has 1 aromatic rings. The van der Waals surface area contributed by atoms with E-state index in [0.29, 0.717) is 5.41 Å². The summed E-state index contributed by atoms with van der Waals surface area (Å²) < 4.78 is 8.04. The Morgan fingerprint density at radius 1 is 0.950 bits per heavy atom. The quantitative estimate of drug-likeness (QED) is 0.788. The van der Waals surface area contributed by atoms with Crippen LogP contribution in [0.15, 0.2) is 0 Å². The van der Waals surface area contributed by atoms with Gasteiger partial charge in [-0.2, -0.15) is 0 Å². The van der Waals surface area contributed by atoms with Gasteiger partial charge < -0.3 is 9.30 Å². The molecule has 20 heavy (non-hydrogen) atoms. The third kappa shape index (κ3) is 1.57. The van der Waals surface area contributed by atoms with Gasteiger partial charge in [0.2, 0.25) is 0 Å². The summed E-state index contributed by atoms with van der Waals surface area (Å²) in [6, 6.07) is 0. The predicted molar refractivity (Wildman–Crippen MR) is 74.4 cm³/mol. The van der Waals surface area contributed by atoms with Crippen molar-refractivity contribution in [1.29, 1.82) is 0 Å². The fourth-order valence-electron chi connectivity index (χ4n) is 5.95. The highest BCUT2D eigenvalue weighted by atomic mass is 16.5. The van der Waals surface area contributed by atoms with Crippen LogP contribution in [-0.4, -0.2) is 28.0 Å². The van der Waals surface area contributed by atoms with Crippen molar-refractivity contribution < 1.29 is 4.74 Å². The lowest BCUT2D eigenvalue weighted by molar-refractivity contribution is -0.0115. The van der Waals surface area contributed by atoms with E-state index in [4.69, 9.17) is 4.74 Å². The second-order valence-corrected chi connectivity index (χ2v) is 7.65. The first-order chi connectivity index (χ1) is 9.82.